The quantitative estimate of drug-likeness (QED) is 0.0391. The summed E-state index contributed by atoms with van der Waals surface area (Å²) >= 11 is 0. The van der Waals surface area contributed by atoms with Crippen molar-refractivity contribution in [3.05, 3.63) is 76.2 Å². The van der Waals surface area contributed by atoms with E-state index in [-0.39, 0.29) is 5.56 Å². The zero-order valence-corrected chi connectivity index (χ0v) is 31.9. The molecule has 0 spiro atoms. The summed E-state index contributed by atoms with van der Waals surface area (Å²) in [4.78, 5) is 30.2. The first-order valence-electron chi connectivity index (χ1n) is 18.3. The van der Waals surface area contributed by atoms with E-state index in [2.05, 4.69) is 23.6 Å². The van der Waals surface area contributed by atoms with Crippen LogP contribution in [0.5, 0.6) is 0 Å². The van der Waals surface area contributed by atoms with Crippen LogP contribution in [0, 0.1) is 0 Å². The number of hydrogen-bond acceptors (Lipinski definition) is 13. The van der Waals surface area contributed by atoms with Crippen molar-refractivity contribution in [1.82, 2.24) is 0 Å². The van der Waals surface area contributed by atoms with E-state index in [9.17, 15) is 9.59 Å². The molecular weight excluding hydrogens is 684 g/mol. The number of ketones is 1. The molecule has 0 aliphatic carbocycles. The van der Waals surface area contributed by atoms with Gasteiger partial charge in [-0.3, -0.25) is 4.79 Å². The van der Waals surface area contributed by atoms with Gasteiger partial charge in [-0.2, -0.15) is 0 Å². The fraction of sp³-hybridized carbons (Fsp3) is 0.550. The molecule has 13 nitrogen and oxygen atoms in total. The van der Waals surface area contributed by atoms with Crippen molar-refractivity contribution in [3.8, 4) is 0 Å². The molecule has 0 amide bonds. The Hall–Kier alpha value is -3.66. The van der Waals surface area contributed by atoms with E-state index in [1.165, 1.54) is 6.08 Å². The van der Waals surface area contributed by atoms with Gasteiger partial charge in [0.25, 0.3) is 0 Å². The van der Waals surface area contributed by atoms with Gasteiger partial charge in [-0.05, 0) is 55.8 Å². The Balaban J connectivity index is 1.53. The summed E-state index contributed by atoms with van der Waals surface area (Å²) in [5.41, 5.74) is 2.56. The molecule has 53 heavy (non-hydrogen) atoms. The number of anilines is 2. The maximum atomic E-state index is 13.1. The fourth-order valence-corrected chi connectivity index (χ4v) is 5.20. The van der Waals surface area contributed by atoms with Crippen LogP contribution < -0.4 is 15.4 Å². The van der Waals surface area contributed by atoms with E-state index in [1.807, 2.05) is 42.5 Å². The minimum atomic E-state index is -0.656. The number of fused-ring (bicyclic) bond motifs is 1. The molecule has 0 fully saturated rings. The number of allylic oxidation sites excluding steroid dienone is 1. The first kappa shape index (κ1) is 43.7. The molecule has 294 valence electrons. The standard InChI is InChI=1S/C40H58N2O11/c1-5-41(6-2)36-13-10-34-31-37(40(44)53-39(34)32-36)38(43)14-9-33-7-11-35(12-8-33)42(15-17-47-23-25-51-29-27-49-21-19-45-3)16-18-48-24-26-52-30-28-50-22-20-46-4/h7-14,31-32H,5-6,15-30H2,1-4H3/b14-9+. The third-order valence-electron chi connectivity index (χ3n) is 8.16. The van der Waals surface area contributed by atoms with Gasteiger partial charge in [0.1, 0.15) is 11.1 Å². The third-order valence-corrected chi connectivity index (χ3v) is 8.16. The highest BCUT2D eigenvalue weighted by atomic mass is 16.6. The number of nitrogens with zero attached hydrogens (tertiary/aromatic N) is 2. The highest BCUT2D eigenvalue weighted by molar-refractivity contribution is 6.07. The largest absolute Gasteiger partial charge is 0.422 e. The molecule has 3 aromatic rings. The Bertz CT molecular complexity index is 1480. The highest BCUT2D eigenvalue weighted by Crippen LogP contribution is 2.22. The average molecular weight is 743 g/mol. The number of ether oxygens (including phenoxy) is 8. The van der Waals surface area contributed by atoms with Crippen LogP contribution in [0.4, 0.5) is 11.4 Å². The minimum absolute atomic E-state index is 0.00578. The van der Waals surface area contributed by atoms with Crippen LogP contribution in [0.2, 0.25) is 0 Å². The Morgan fingerprint density at radius 1 is 0.604 bits per heavy atom. The molecule has 2 aromatic carbocycles. The second-order valence-corrected chi connectivity index (χ2v) is 11.8. The Morgan fingerprint density at radius 2 is 1.08 bits per heavy atom. The van der Waals surface area contributed by atoms with Crippen LogP contribution in [0.1, 0.15) is 29.8 Å². The monoisotopic (exact) mass is 742 g/mol. The normalized spacial score (nSPS) is 11.5. The maximum Gasteiger partial charge on any atom is 0.347 e. The molecule has 3 rings (SSSR count). The number of carbonyl (C=O) groups excluding carboxylic acids is 1. The molecule has 1 heterocycles. The van der Waals surface area contributed by atoms with Crippen molar-refractivity contribution in [3.63, 3.8) is 0 Å². The first-order valence-corrected chi connectivity index (χ1v) is 18.3. The lowest BCUT2D eigenvalue weighted by Crippen LogP contribution is -2.31. The summed E-state index contributed by atoms with van der Waals surface area (Å²) in [6.07, 6.45) is 3.10. The van der Waals surface area contributed by atoms with Crippen LogP contribution in [0.25, 0.3) is 17.0 Å². The summed E-state index contributed by atoms with van der Waals surface area (Å²) < 4.78 is 49.1. The first-order chi connectivity index (χ1) is 26.0. The predicted molar refractivity (Wildman–Crippen MR) is 207 cm³/mol. The Labute approximate surface area is 313 Å². The molecule has 0 saturated heterocycles. The average Bonchev–Trinajstić information content (AvgIpc) is 3.17. The predicted octanol–water partition coefficient (Wildman–Crippen LogP) is 4.73. The molecule has 0 N–H and O–H groups in total. The van der Waals surface area contributed by atoms with Crippen LogP contribution in [-0.2, 0) is 37.9 Å². The minimum Gasteiger partial charge on any atom is -0.422 e. The molecule has 0 atom stereocenters. The third kappa shape index (κ3) is 16.9. The molecule has 0 bridgehead atoms. The van der Waals surface area contributed by atoms with Gasteiger partial charge >= 0.3 is 5.63 Å². The number of benzene rings is 2. The smallest absolute Gasteiger partial charge is 0.347 e. The van der Waals surface area contributed by atoms with Crippen LogP contribution in [0.3, 0.4) is 0 Å². The van der Waals surface area contributed by atoms with Gasteiger partial charge in [0.2, 0.25) is 0 Å². The summed E-state index contributed by atoms with van der Waals surface area (Å²) in [6, 6.07) is 15.1. The second-order valence-electron chi connectivity index (χ2n) is 11.8. The van der Waals surface area contributed by atoms with Crippen molar-refractivity contribution < 1.29 is 47.1 Å². The van der Waals surface area contributed by atoms with Crippen LogP contribution in [-0.4, -0.2) is 139 Å². The Kier molecular flexibility index (Phi) is 22.3. The molecule has 0 saturated carbocycles. The maximum absolute atomic E-state index is 13.1. The van der Waals surface area contributed by atoms with Gasteiger partial charge in [0.05, 0.1) is 92.5 Å². The number of rotatable bonds is 31. The molecule has 0 unspecified atom stereocenters. The van der Waals surface area contributed by atoms with Crippen LogP contribution in [0.15, 0.2) is 63.8 Å². The van der Waals surface area contributed by atoms with Gasteiger partial charge < -0.3 is 52.1 Å². The Morgan fingerprint density at radius 3 is 1.57 bits per heavy atom. The van der Waals surface area contributed by atoms with Crippen molar-refractivity contribution >= 4 is 34.2 Å². The van der Waals surface area contributed by atoms with E-state index < -0.39 is 11.4 Å². The molecule has 0 radical (unpaired) electrons. The van der Waals surface area contributed by atoms with Crippen molar-refractivity contribution in [2.75, 3.05) is 143 Å². The molecule has 13 heteroatoms. The zero-order valence-electron chi connectivity index (χ0n) is 31.9. The summed E-state index contributed by atoms with van der Waals surface area (Å²) in [5.74, 6) is -0.418. The molecular formula is C40H58N2O11. The van der Waals surface area contributed by atoms with Crippen molar-refractivity contribution in [2.45, 2.75) is 13.8 Å². The van der Waals surface area contributed by atoms with Gasteiger partial charge in [-0.15, -0.1) is 0 Å². The topological polar surface area (TPSA) is 128 Å². The van der Waals surface area contributed by atoms with Gasteiger partial charge in [0.15, 0.2) is 5.78 Å². The number of methoxy groups -OCH3 is 2. The van der Waals surface area contributed by atoms with Gasteiger partial charge in [-0.1, -0.05) is 18.2 Å². The second kappa shape index (κ2) is 27.0. The summed E-state index contributed by atoms with van der Waals surface area (Å²) in [6.45, 7) is 14.2. The van der Waals surface area contributed by atoms with E-state index in [4.69, 9.17) is 42.3 Å². The van der Waals surface area contributed by atoms with E-state index >= 15 is 0 Å². The van der Waals surface area contributed by atoms with Crippen molar-refractivity contribution in [2.24, 2.45) is 0 Å². The van der Waals surface area contributed by atoms with Gasteiger partial charge in [-0.25, -0.2) is 4.79 Å². The highest BCUT2D eigenvalue weighted by Gasteiger charge is 2.13. The molecule has 0 aliphatic heterocycles. The lowest BCUT2D eigenvalue weighted by Gasteiger charge is -2.25. The fourth-order valence-electron chi connectivity index (χ4n) is 5.20. The van der Waals surface area contributed by atoms with Crippen molar-refractivity contribution in [1.29, 1.82) is 0 Å². The van der Waals surface area contributed by atoms with E-state index in [0.717, 1.165) is 30.0 Å². The SMILES string of the molecule is CCN(CC)c1ccc2cc(C(=O)/C=C/c3ccc(N(CCOCCOCCOCCOC)CCOCCOCCOCCOC)cc3)c(=O)oc2c1. The lowest BCUT2D eigenvalue weighted by atomic mass is 10.1. The summed E-state index contributed by atoms with van der Waals surface area (Å²) in [7, 11) is 3.28. The number of carbonyl (C=O) groups is 1. The summed E-state index contributed by atoms with van der Waals surface area (Å²) in [5, 5.41) is 0.696. The van der Waals surface area contributed by atoms with E-state index in [1.54, 1.807) is 26.4 Å². The van der Waals surface area contributed by atoms with Gasteiger partial charge in [0, 0.05) is 63.2 Å². The molecule has 1 aromatic heterocycles. The van der Waals surface area contributed by atoms with E-state index in [0.29, 0.717) is 117 Å². The molecule has 0 aliphatic rings. The van der Waals surface area contributed by atoms with Crippen LogP contribution >= 0.6 is 0 Å². The zero-order chi connectivity index (χ0) is 37.9. The number of hydrogen-bond donors (Lipinski definition) is 0. The lowest BCUT2D eigenvalue weighted by molar-refractivity contribution is 0.00301.